The number of para-hydroxylation sites is 1. The van der Waals surface area contributed by atoms with E-state index in [2.05, 4.69) is 46.6 Å². The van der Waals surface area contributed by atoms with Gasteiger partial charge in [0.25, 0.3) is 0 Å². The summed E-state index contributed by atoms with van der Waals surface area (Å²) >= 11 is 0. The van der Waals surface area contributed by atoms with E-state index in [1.807, 2.05) is 29.2 Å². The van der Waals surface area contributed by atoms with Gasteiger partial charge in [0.1, 0.15) is 0 Å². The molecule has 0 aliphatic carbocycles. The Morgan fingerprint density at radius 2 is 2.00 bits per heavy atom. The summed E-state index contributed by atoms with van der Waals surface area (Å²) in [6, 6.07) is 12.7. The molecule has 0 saturated heterocycles. The quantitative estimate of drug-likeness (QED) is 0.788. The summed E-state index contributed by atoms with van der Waals surface area (Å²) in [5.41, 5.74) is 2.31. The SMILES string of the molecule is CC(Cn1cccn1)NCc1cccc2cccnc12.Cl. The van der Waals surface area contributed by atoms with Gasteiger partial charge in [-0.3, -0.25) is 9.67 Å². The van der Waals surface area contributed by atoms with E-state index in [9.17, 15) is 0 Å². The van der Waals surface area contributed by atoms with Crippen LogP contribution in [0.25, 0.3) is 10.9 Å². The van der Waals surface area contributed by atoms with Crippen molar-refractivity contribution < 1.29 is 0 Å². The maximum Gasteiger partial charge on any atom is 0.0746 e. The van der Waals surface area contributed by atoms with Crippen LogP contribution in [0.1, 0.15) is 12.5 Å². The number of nitrogens with one attached hydrogen (secondary N) is 1. The van der Waals surface area contributed by atoms with Crippen LogP contribution in [0.15, 0.2) is 55.0 Å². The van der Waals surface area contributed by atoms with Crippen LogP contribution in [0.2, 0.25) is 0 Å². The van der Waals surface area contributed by atoms with Gasteiger partial charge < -0.3 is 5.32 Å². The van der Waals surface area contributed by atoms with Gasteiger partial charge in [-0.25, -0.2) is 0 Å². The van der Waals surface area contributed by atoms with E-state index in [1.165, 1.54) is 10.9 Å². The van der Waals surface area contributed by atoms with Gasteiger partial charge in [-0.2, -0.15) is 5.10 Å². The molecule has 2 heterocycles. The average Bonchev–Trinajstić information content (AvgIpc) is 2.98. The van der Waals surface area contributed by atoms with Gasteiger partial charge in [-0.1, -0.05) is 24.3 Å². The van der Waals surface area contributed by atoms with Gasteiger partial charge in [0.15, 0.2) is 0 Å². The molecule has 0 spiro atoms. The fourth-order valence-corrected chi connectivity index (χ4v) is 2.35. The third-order valence-electron chi connectivity index (χ3n) is 3.38. The lowest BCUT2D eigenvalue weighted by Gasteiger charge is -2.14. The van der Waals surface area contributed by atoms with Crippen molar-refractivity contribution in [3.8, 4) is 0 Å². The lowest BCUT2D eigenvalue weighted by atomic mass is 10.1. The highest BCUT2D eigenvalue weighted by molar-refractivity contribution is 5.85. The first-order chi connectivity index (χ1) is 9.83. The van der Waals surface area contributed by atoms with Gasteiger partial charge in [0, 0.05) is 36.6 Å². The van der Waals surface area contributed by atoms with Crippen LogP contribution < -0.4 is 5.32 Å². The van der Waals surface area contributed by atoms with Crippen LogP contribution in [-0.2, 0) is 13.1 Å². The largest absolute Gasteiger partial charge is 0.308 e. The number of aromatic nitrogens is 3. The molecule has 0 radical (unpaired) electrons. The van der Waals surface area contributed by atoms with Crippen molar-refractivity contribution in [2.75, 3.05) is 0 Å². The van der Waals surface area contributed by atoms with E-state index in [0.29, 0.717) is 6.04 Å². The van der Waals surface area contributed by atoms with E-state index in [4.69, 9.17) is 0 Å². The summed E-state index contributed by atoms with van der Waals surface area (Å²) in [5, 5.41) is 8.94. The smallest absolute Gasteiger partial charge is 0.0746 e. The molecular weight excluding hydrogens is 284 g/mol. The minimum absolute atomic E-state index is 0. The molecule has 0 bridgehead atoms. The molecule has 3 aromatic rings. The Bertz CT molecular complexity index is 676. The first kappa shape index (κ1) is 15.5. The summed E-state index contributed by atoms with van der Waals surface area (Å²) in [6.07, 6.45) is 5.64. The van der Waals surface area contributed by atoms with Crippen molar-refractivity contribution in [3.63, 3.8) is 0 Å². The summed E-state index contributed by atoms with van der Waals surface area (Å²) in [4.78, 5) is 4.48. The van der Waals surface area contributed by atoms with E-state index in [0.717, 1.165) is 18.6 Å². The maximum atomic E-state index is 4.48. The Hall–Kier alpha value is -1.91. The molecule has 0 saturated carbocycles. The summed E-state index contributed by atoms with van der Waals surface area (Å²) in [6.45, 7) is 3.85. The molecule has 1 atom stereocenters. The lowest BCUT2D eigenvalue weighted by molar-refractivity contribution is 0.451. The van der Waals surface area contributed by atoms with Crippen LogP contribution in [-0.4, -0.2) is 20.8 Å². The molecular formula is C16H19ClN4. The van der Waals surface area contributed by atoms with Crippen LogP contribution in [0.4, 0.5) is 0 Å². The van der Waals surface area contributed by atoms with E-state index < -0.39 is 0 Å². The molecule has 0 amide bonds. The second-order valence-corrected chi connectivity index (χ2v) is 5.00. The van der Waals surface area contributed by atoms with Crippen molar-refractivity contribution in [1.29, 1.82) is 0 Å². The van der Waals surface area contributed by atoms with Crippen molar-refractivity contribution in [3.05, 3.63) is 60.6 Å². The molecule has 0 aliphatic rings. The molecule has 1 aromatic carbocycles. The number of nitrogens with zero attached hydrogens (tertiary/aromatic N) is 3. The molecule has 1 unspecified atom stereocenters. The first-order valence-corrected chi connectivity index (χ1v) is 6.86. The van der Waals surface area contributed by atoms with Crippen LogP contribution in [0.3, 0.4) is 0 Å². The molecule has 0 fully saturated rings. The second-order valence-electron chi connectivity index (χ2n) is 5.00. The maximum absolute atomic E-state index is 4.48. The molecule has 3 rings (SSSR count). The highest BCUT2D eigenvalue weighted by atomic mass is 35.5. The molecule has 21 heavy (non-hydrogen) atoms. The third kappa shape index (κ3) is 3.80. The second kappa shape index (κ2) is 7.20. The van der Waals surface area contributed by atoms with Crippen molar-refractivity contribution >= 4 is 23.3 Å². The Balaban J connectivity index is 0.00000161. The number of hydrogen-bond donors (Lipinski definition) is 1. The van der Waals surface area contributed by atoms with E-state index >= 15 is 0 Å². The topological polar surface area (TPSA) is 42.7 Å². The predicted octanol–water partition coefficient (Wildman–Crippen LogP) is 3.03. The number of pyridine rings is 1. The summed E-state index contributed by atoms with van der Waals surface area (Å²) < 4.78 is 1.94. The Kier molecular flexibility index (Phi) is 5.31. The standard InChI is InChI=1S/C16H18N4.ClH/c1-13(12-20-10-4-9-19-20)18-11-15-6-2-5-14-7-3-8-17-16(14)15;/h2-10,13,18H,11-12H2,1H3;1H. The lowest BCUT2D eigenvalue weighted by Crippen LogP contribution is -2.30. The minimum atomic E-state index is 0. The molecule has 5 heteroatoms. The van der Waals surface area contributed by atoms with Crippen LogP contribution in [0.5, 0.6) is 0 Å². The Morgan fingerprint density at radius 1 is 1.14 bits per heavy atom. The van der Waals surface area contributed by atoms with Gasteiger partial charge in [-0.05, 0) is 24.6 Å². The molecule has 1 N–H and O–H groups in total. The number of rotatable bonds is 5. The average molecular weight is 303 g/mol. The van der Waals surface area contributed by atoms with Gasteiger partial charge in [-0.15, -0.1) is 12.4 Å². The minimum Gasteiger partial charge on any atom is -0.308 e. The van der Waals surface area contributed by atoms with Crippen molar-refractivity contribution in [2.45, 2.75) is 26.1 Å². The highest BCUT2D eigenvalue weighted by Crippen LogP contribution is 2.15. The van der Waals surface area contributed by atoms with Crippen molar-refractivity contribution in [2.24, 2.45) is 0 Å². The van der Waals surface area contributed by atoms with Gasteiger partial charge in [0.05, 0.1) is 12.1 Å². The third-order valence-corrected chi connectivity index (χ3v) is 3.38. The van der Waals surface area contributed by atoms with Crippen molar-refractivity contribution in [1.82, 2.24) is 20.1 Å². The van der Waals surface area contributed by atoms with Gasteiger partial charge >= 0.3 is 0 Å². The fraction of sp³-hybridized carbons (Fsp3) is 0.250. The Labute approximate surface area is 130 Å². The van der Waals surface area contributed by atoms with E-state index in [1.54, 1.807) is 6.20 Å². The van der Waals surface area contributed by atoms with E-state index in [-0.39, 0.29) is 12.4 Å². The molecule has 0 aliphatic heterocycles. The number of halogens is 1. The zero-order valence-corrected chi connectivity index (χ0v) is 12.8. The van der Waals surface area contributed by atoms with Gasteiger partial charge in [0.2, 0.25) is 0 Å². The molecule has 4 nitrogen and oxygen atoms in total. The Morgan fingerprint density at radius 3 is 2.81 bits per heavy atom. The number of fused-ring (bicyclic) bond motifs is 1. The van der Waals surface area contributed by atoms with Crippen LogP contribution >= 0.6 is 12.4 Å². The normalized spacial score (nSPS) is 12.0. The first-order valence-electron chi connectivity index (χ1n) is 6.86. The number of hydrogen-bond acceptors (Lipinski definition) is 3. The molecule has 2 aromatic heterocycles. The molecule has 110 valence electrons. The summed E-state index contributed by atoms with van der Waals surface area (Å²) in [7, 11) is 0. The monoisotopic (exact) mass is 302 g/mol. The zero-order valence-electron chi connectivity index (χ0n) is 11.9. The highest BCUT2D eigenvalue weighted by Gasteiger charge is 2.05. The summed E-state index contributed by atoms with van der Waals surface area (Å²) in [5.74, 6) is 0. The predicted molar refractivity (Wildman–Crippen MR) is 87.5 cm³/mol. The fourth-order valence-electron chi connectivity index (χ4n) is 2.35. The van der Waals surface area contributed by atoms with Crippen LogP contribution in [0, 0.1) is 0 Å². The zero-order chi connectivity index (χ0) is 13.8. The number of benzene rings is 1.